The molecule has 0 bridgehead atoms. The molecular weight excluding hydrogens is 440 g/mol. The third-order valence-corrected chi connectivity index (χ3v) is 7.04. The average Bonchev–Trinajstić information content (AvgIpc) is 3.24. The maximum absolute atomic E-state index is 13.3. The van der Waals surface area contributed by atoms with Crippen molar-refractivity contribution in [1.29, 1.82) is 0 Å². The quantitative estimate of drug-likeness (QED) is 0.555. The second kappa shape index (κ2) is 10.8. The van der Waals surface area contributed by atoms with E-state index in [1.807, 2.05) is 55.0 Å². The highest BCUT2D eigenvalue weighted by Crippen LogP contribution is 2.29. The minimum atomic E-state index is -0.0398. The first-order valence-electron chi connectivity index (χ1n) is 12.1. The number of nitrogens with one attached hydrogen (secondary N) is 1. The normalized spacial score (nSPS) is 15.0. The number of likely N-dealkylation sites (tertiary alicyclic amines) is 1. The Morgan fingerprint density at radius 1 is 1.17 bits per heavy atom. The Bertz CT molecular complexity index is 1170. The Kier molecular flexibility index (Phi) is 7.54. The van der Waals surface area contributed by atoms with Crippen LogP contribution in [0.2, 0.25) is 0 Å². The van der Waals surface area contributed by atoms with Crippen LogP contribution in [0.15, 0.2) is 54.9 Å². The molecule has 35 heavy (non-hydrogen) atoms. The molecule has 1 aromatic carbocycles. The van der Waals surface area contributed by atoms with Gasteiger partial charge in [-0.3, -0.25) is 14.6 Å². The molecule has 3 aromatic rings. The van der Waals surface area contributed by atoms with Crippen molar-refractivity contribution in [2.45, 2.75) is 39.2 Å². The van der Waals surface area contributed by atoms with Gasteiger partial charge in [0.15, 0.2) is 0 Å². The predicted molar refractivity (Wildman–Crippen MR) is 136 cm³/mol. The molecule has 1 N–H and O–H groups in total. The Hall–Kier alpha value is -3.61. The predicted octanol–water partition coefficient (Wildman–Crippen LogP) is 4.27. The number of nitrogens with zero attached hydrogens (tertiary/aromatic N) is 3. The summed E-state index contributed by atoms with van der Waals surface area (Å²) in [4.78, 5) is 37.6. The number of carbonyl (C=O) groups excluding carboxylic acids is 2. The van der Waals surface area contributed by atoms with Gasteiger partial charge in [-0.1, -0.05) is 12.1 Å². The fraction of sp³-hybridized carbons (Fsp3) is 0.393. The van der Waals surface area contributed by atoms with Gasteiger partial charge in [0.1, 0.15) is 11.4 Å². The monoisotopic (exact) mass is 474 g/mol. The molecule has 184 valence electrons. The van der Waals surface area contributed by atoms with E-state index in [-0.39, 0.29) is 23.8 Å². The fourth-order valence-electron chi connectivity index (χ4n) is 5.10. The summed E-state index contributed by atoms with van der Waals surface area (Å²) in [5.74, 6) is 1.09. The zero-order valence-electron chi connectivity index (χ0n) is 21.0. The molecule has 7 nitrogen and oxygen atoms in total. The van der Waals surface area contributed by atoms with E-state index >= 15 is 0 Å². The zero-order chi connectivity index (χ0) is 24.9. The third-order valence-electron chi connectivity index (χ3n) is 7.04. The van der Waals surface area contributed by atoms with Gasteiger partial charge in [0.2, 0.25) is 0 Å². The van der Waals surface area contributed by atoms with E-state index in [0.717, 1.165) is 35.4 Å². The number of benzene rings is 1. The molecule has 0 aliphatic carbocycles. The molecule has 1 fully saturated rings. The van der Waals surface area contributed by atoms with Crippen LogP contribution in [0.4, 0.5) is 0 Å². The van der Waals surface area contributed by atoms with Gasteiger partial charge >= 0.3 is 0 Å². The van der Waals surface area contributed by atoms with E-state index in [1.165, 1.54) is 0 Å². The number of aromatic amines is 1. The van der Waals surface area contributed by atoms with Gasteiger partial charge in [-0.25, -0.2) is 0 Å². The molecule has 0 spiro atoms. The van der Waals surface area contributed by atoms with Crippen LogP contribution in [0.5, 0.6) is 5.75 Å². The van der Waals surface area contributed by atoms with Gasteiger partial charge in [-0.2, -0.15) is 0 Å². The van der Waals surface area contributed by atoms with E-state index in [2.05, 4.69) is 16.0 Å². The van der Waals surface area contributed by atoms with Crippen molar-refractivity contribution in [3.63, 3.8) is 0 Å². The molecule has 1 aliphatic rings. The van der Waals surface area contributed by atoms with Crippen LogP contribution in [0.25, 0.3) is 0 Å². The number of aromatic nitrogens is 2. The molecule has 1 aliphatic heterocycles. The van der Waals surface area contributed by atoms with Crippen molar-refractivity contribution in [2.24, 2.45) is 5.92 Å². The minimum Gasteiger partial charge on any atom is -0.497 e. The van der Waals surface area contributed by atoms with Crippen molar-refractivity contribution >= 4 is 11.8 Å². The topological polar surface area (TPSA) is 78.5 Å². The number of methoxy groups -OCH3 is 1. The lowest BCUT2D eigenvalue weighted by Crippen LogP contribution is -2.48. The van der Waals surface area contributed by atoms with Crippen molar-refractivity contribution in [1.82, 2.24) is 19.8 Å². The van der Waals surface area contributed by atoms with Crippen LogP contribution >= 0.6 is 0 Å². The maximum atomic E-state index is 13.3. The number of piperidine rings is 1. The Morgan fingerprint density at radius 3 is 2.57 bits per heavy atom. The molecule has 2 aromatic heterocycles. The molecular formula is C28H34N4O3. The summed E-state index contributed by atoms with van der Waals surface area (Å²) < 4.78 is 5.42. The lowest BCUT2D eigenvalue weighted by molar-refractivity contribution is 0.0519. The van der Waals surface area contributed by atoms with Crippen LogP contribution in [0.3, 0.4) is 0 Å². The highest BCUT2D eigenvalue weighted by Gasteiger charge is 2.34. The van der Waals surface area contributed by atoms with Crippen LogP contribution in [-0.2, 0) is 6.42 Å². The van der Waals surface area contributed by atoms with Crippen molar-refractivity contribution < 1.29 is 14.3 Å². The highest BCUT2D eigenvalue weighted by atomic mass is 16.5. The Balaban J connectivity index is 1.52. The lowest BCUT2D eigenvalue weighted by atomic mass is 9.84. The first-order valence-corrected chi connectivity index (χ1v) is 12.1. The molecule has 0 saturated carbocycles. The van der Waals surface area contributed by atoms with E-state index in [4.69, 9.17) is 4.74 Å². The summed E-state index contributed by atoms with van der Waals surface area (Å²) in [6, 6.07) is 13.6. The summed E-state index contributed by atoms with van der Waals surface area (Å²) >= 11 is 0. The molecule has 7 heteroatoms. The number of H-pyrrole nitrogens is 1. The minimum absolute atomic E-state index is 0.0125. The average molecular weight is 475 g/mol. The first-order chi connectivity index (χ1) is 16.9. The number of likely N-dealkylation sites (N-methyl/N-ethyl adjacent to an activating group) is 1. The van der Waals surface area contributed by atoms with E-state index < -0.39 is 0 Å². The number of hydrogen-bond donors (Lipinski definition) is 1. The number of aryl methyl sites for hydroxylation is 2. The van der Waals surface area contributed by atoms with Crippen molar-refractivity contribution in [2.75, 3.05) is 27.2 Å². The van der Waals surface area contributed by atoms with Crippen LogP contribution in [-0.4, -0.2) is 64.9 Å². The number of amides is 2. The van der Waals surface area contributed by atoms with E-state index in [9.17, 15) is 9.59 Å². The van der Waals surface area contributed by atoms with Gasteiger partial charge < -0.3 is 19.5 Å². The third kappa shape index (κ3) is 5.56. The number of hydrogen-bond acceptors (Lipinski definition) is 4. The lowest BCUT2D eigenvalue weighted by Gasteiger charge is -2.40. The molecule has 4 rings (SSSR count). The summed E-state index contributed by atoms with van der Waals surface area (Å²) in [5, 5.41) is 0. The first kappa shape index (κ1) is 24.5. The largest absolute Gasteiger partial charge is 0.497 e. The Morgan fingerprint density at radius 2 is 1.94 bits per heavy atom. The highest BCUT2D eigenvalue weighted by molar-refractivity contribution is 5.94. The van der Waals surface area contributed by atoms with Gasteiger partial charge in [-0.05, 0) is 80.5 Å². The number of pyridine rings is 1. The standard InChI is InChI=1S/C28H34N4O3/c1-19-15-20(2)30-26(19)28(34)32-13-10-22(11-14-32)25(17-21-7-5-9-24(16-21)35-4)31(3)27(33)23-8-6-12-29-18-23/h5-9,12,15-16,18,22,25,30H,10-11,13-14,17H2,1-4H3. The number of ether oxygens (including phenoxy) is 1. The van der Waals surface area contributed by atoms with Crippen LogP contribution in [0.1, 0.15) is 50.5 Å². The molecule has 1 atom stereocenters. The maximum Gasteiger partial charge on any atom is 0.270 e. The van der Waals surface area contributed by atoms with Crippen LogP contribution in [0, 0.1) is 19.8 Å². The van der Waals surface area contributed by atoms with E-state index in [1.54, 1.807) is 31.6 Å². The second-order valence-electron chi connectivity index (χ2n) is 9.42. The summed E-state index contributed by atoms with van der Waals surface area (Å²) in [6.07, 6.45) is 5.68. The zero-order valence-corrected chi connectivity index (χ0v) is 21.0. The van der Waals surface area contributed by atoms with E-state index in [0.29, 0.717) is 30.8 Å². The Labute approximate surface area is 207 Å². The number of rotatable bonds is 7. The smallest absolute Gasteiger partial charge is 0.270 e. The number of carbonyl (C=O) groups is 2. The van der Waals surface area contributed by atoms with Gasteiger partial charge in [-0.15, -0.1) is 0 Å². The summed E-state index contributed by atoms with van der Waals surface area (Å²) in [7, 11) is 3.54. The van der Waals surface area contributed by atoms with Gasteiger partial charge in [0, 0.05) is 44.3 Å². The van der Waals surface area contributed by atoms with Crippen molar-refractivity contribution in [3.05, 3.63) is 82.9 Å². The van der Waals surface area contributed by atoms with Gasteiger partial charge in [0.05, 0.1) is 12.7 Å². The van der Waals surface area contributed by atoms with Crippen molar-refractivity contribution in [3.8, 4) is 5.75 Å². The molecule has 1 saturated heterocycles. The molecule has 3 heterocycles. The SMILES string of the molecule is COc1cccc(CC(C2CCN(C(=O)c3[nH]c(C)cc3C)CC2)N(C)C(=O)c2cccnc2)c1. The molecule has 1 unspecified atom stereocenters. The fourth-order valence-corrected chi connectivity index (χ4v) is 5.10. The van der Waals surface area contributed by atoms with Crippen LogP contribution < -0.4 is 4.74 Å². The summed E-state index contributed by atoms with van der Waals surface area (Å²) in [6.45, 7) is 5.27. The second-order valence-corrected chi connectivity index (χ2v) is 9.42. The van der Waals surface area contributed by atoms with Gasteiger partial charge in [0.25, 0.3) is 11.8 Å². The summed E-state index contributed by atoms with van der Waals surface area (Å²) in [5.41, 5.74) is 4.35. The molecule has 0 radical (unpaired) electrons. The molecule has 2 amide bonds.